The summed E-state index contributed by atoms with van der Waals surface area (Å²) in [7, 11) is 0. The van der Waals surface area contributed by atoms with Crippen LogP contribution in [-0.4, -0.2) is 23.3 Å². The van der Waals surface area contributed by atoms with Gasteiger partial charge in [0, 0.05) is 33.2 Å². The smallest absolute Gasteiger partial charge is 0.348 e. The molecule has 3 rings (SSSR count). The normalized spacial score (nSPS) is 10.8. The van der Waals surface area contributed by atoms with Crippen molar-refractivity contribution in [2.45, 2.75) is 30.1 Å². The Morgan fingerprint density at radius 3 is 2.53 bits per heavy atom. The number of carbonyl (C=O) groups excluding carboxylic acids is 2. The topological polar surface area (TPSA) is 134 Å². The van der Waals surface area contributed by atoms with E-state index in [1.54, 1.807) is 19.9 Å². The second-order valence-corrected chi connectivity index (χ2v) is 9.57. The van der Waals surface area contributed by atoms with E-state index < -0.39 is 16.7 Å². The molecule has 8 nitrogen and oxygen atoms in total. The van der Waals surface area contributed by atoms with Gasteiger partial charge in [0.2, 0.25) is 0 Å². The van der Waals surface area contributed by atoms with Crippen molar-refractivity contribution >= 4 is 46.6 Å². The lowest BCUT2D eigenvalue weighted by atomic mass is 10.0. The van der Waals surface area contributed by atoms with E-state index in [4.69, 9.17) is 4.74 Å². The van der Waals surface area contributed by atoms with E-state index in [-0.39, 0.29) is 34.7 Å². The summed E-state index contributed by atoms with van der Waals surface area (Å²) in [5.41, 5.74) is 0.565. The summed E-state index contributed by atoms with van der Waals surface area (Å²) in [4.78, 5) is 38.2. The zero-order chi connectivity index (χ0) is 26.2. The fourth-order valence-corrected chi connectivity index (χ4v) is 5.34. The third-order valence-corrected chi connectivity index (χ3v) is 7.38. The van der Waals surface area contributed by atoms with Gasteiger partial charge in [0.1, 0.15) is 17.0 Å². The zero-order valence-corrected chi connectivity index (χ0v) is 20.9. The molecule has 1 aromatic heterocycles. The molecule has 0 spiro atoms. The lowest BCUT2D eigenvalue weighted by Gasteiger charge is -2.07. The number of non-ortho nitro benzene ring substituents is 1. The van der Waals surface area contributed by atoms with Gasteiger partial charge in [-0.1, -0.05) is 30.0 Å². The van der Waals surface area contributed by atoms with Gasteiger partial charge in [0.05, 0.1) is 22.7 Å². The van der Waals surface area contributed by atoms with Crippen LogP contribution in [0.5, 0.6) is 0 Å². The third kappa shape index (κ3) is 6.05. The maximum absolute atomic E-state index is 13.1. The molecule has 1 heterocycles. The van der Waals surface area contributed by atoms with Gasteiger partial charge in [-0.3, -0.25) is 14.9 Å². The van der Waals surface area contributed by atoms with E-state index in [9.17, 15) is 30.2 Å². The number of esters is 1. The molecule has 3 aromatic rings. The van der Waals surface area contributed by atoms with Crippen molar-refractivity contribution in [1.29, 1.82) is 10.5 Å². The number of Topliss-reactive ketones (excluding diaryl/α,β-unsaturated/α-hetero) is 1. The number of thiophene rings is 1. The van der Waals surface area contributed by atoms with Gasteiger partial charge >= 0.3 is 5.97 Å². The summed E-state index contributed by atoms with van der Waals surface area (Å²) in [5.74, 6) is -1.15. The summed E-state index contributed by atoms with van der Waals surface area (Å²) < 4.78 is 5.02. The molecule has 0 radical (unpaired) electrons. The minimum Gasteiger partial charge on any atom is -0.462 e. The van der Waals surface area contributed by atoms with E-state index in [0.717, 1.165) is 16.2 Å². The maximum Gasteiger partial charge on any atom is 0.348 e. The predicted octanol–water partition coefficient (Wildman–Crippen LogP) is 5.88. The number of hydrogen-bond acceptors (Lipinski definition) is 9. The number of benzene rings is 2. The molecule has 0 unspecified atom stereocenters. The summed E-state index contributed by atoms with van der Waals surface area (Å²) in [6.07, 6.45) is 1.04. The second-order valence-electron chi connectivity index (χ2n) is 7.35. The minimum atomic E-state index is -0.578. The maximum atomic E-state index is 13.1. The van der Waals surface area contributed by atoms with Gasteiger partial charge in [-0.15, -0.1) is 11.3 Å². The number of nitrogens with zero attached hydrogens (tertiary/aromatic N) is 3. The highest BCUT2D eigenvalue weighted by Gasteiger charge is 2.24. The average molecular weight is 518 g/mol. The van der Waals surface area contributed by atoms with Crippen LogP contribution in [0, 0.1) is 39.7 Å². The molecular weight excluding hydrogens is 498 g/mol. The standard InChI is InChI=1S/C26H19N3O5S2/c1-3-34-26(31)25-16(2)21(15-28)24(36-25)13-22(30)18(14-27)11-17-12-19(29(32)33)9-10-23(17)35-20-7-5-4-6-8-20/h4-12H,3,13H2,1-2H3/b18-11-. The Morgan fingerprint density at radius 2 is 1.92 bits per heavy atom. The first-order chi connectivity index (χ1) is 17.3. The summed E-state index contributed by atoms with van der Waals surface area (Å²) in [6, 6.07) is 17.5. The van der Waals surface area contributed by atoms with E-state index in [1.807, 2.05) is 42.5 Å². The van der Waals surface area contributed by atoms with Crippen molar-refractivity contribution < 1.29 is 19.2 Å². The minimum absolute atomic E-state index is 0.167. The molecule has 0 saturated carbocycles. The molecule has 0 bridgehead atoms. The number of nitro benzene ring substituents is 1. The van der Waals surface area contributed by atoms with Crippen LogP contribution in [0.4, 0.5) is 5.69 Å². The molecule has 0 aliphatic carbocycles. The number of carbonyl (C=O) groups is 2. The van der Waals surface area contributed by atoms with Gasteiger partial charge in [0.25, 0.3) is 5.69 Å². The van der Waals surface area contributed by atoms with E-state index >= 15 is 0 Å². The van der Waals surface area contributed by atoms with Gasteiger partial charge < -0.3 is 4.74 Å². The van der Waals surface area contributed by atoms with Crippen LogP contribution in [0.3, 0.4) is 0 Å². The summed E-state index contributed by atoms with van der Waals surface area (Å²) in [6.45, 7) is 3.44. The Balaban J connectivity index is 1.99. The molecule has 0 fully saturated rings. The highest BCUT2D eigenvalue weighted by molar-refractivity contribution is 7.99. The van der Waals surface area contributed by atoms with Crippen LogP contribution < -0.4 is 0 Å². The predicted molar refractivity (Wildman–Crippen MR) is 136 cm³/mol. The Kier molecular flexibility index (Phi) is 8.74. The van der Waals surface area contributed by atoms with Gasteiger partial charge in [-0.2, -0.15) is 10.5 Å². The van der Waals surface area contributed by atoms with Crippen LogP contribution >= 0.6 is 23.1 Å². The lowest BCUT2D eigenvalue weighted by Crippen LogP contribution is -2.05. The zero-order valence-electron chi connectivity index (χ0n) is 19.3. The van der Waals surface area contributed by atoms with Crippen LogP contribution in [0.25, 0.3) is 6.08 Å². The average Bonchev–Trinajstić information content (AvgIpc) is 3.18. The fourth-order valence-electron chi connectivity index (χ4n) is 3.28. The number of nitro groups is 1. The lowest BCUT2D eigenvalue weighted by molar-refractivity contribution is -0.384. The van der Waals surface area contributed by atoms with Crippen LogP contribution in [0.1, 0.15) is 38.2 Å². The second kappa shape index (κ2) is 11.9. The molecule has 0 N–H and O–H groups in total. The van der Waals surface area contributed by atoms with Crippen molar-refractivity contribution in [2.75, 3.05) is 6.61 Å². The van der Waals surface area contributed by atoms with Crippen molar-refractivity contribution in [3.05, 3.63) is 90.7 Å². The van der Waals surface area contributed by atoms with Crippen LogP contribution in [-0.2, 0) is 16.0 Å². The Bertz CT molecular complexity index is 1450. The van der Waals surface area contributed by atoms with Crippen molar-refractivity contribution in [2.24, 2.45) is 0 Å². The number of hydrogen-bond donors (Lipinski definition) is 0. The quantitative estimate of drug-likeness (QED) is 0.113. The van der Waals surface area contributed by atoms with Crippen LogP contribution in [0.2, 0.25) is 0 Å². The molecule has 0 amide bonds. The Hall–Kier alpha value is -4.25. The number of allylic oxidation sites excluding steroid dienone is 1. The third-order valence-electron chi connectivity index (χ3n) is 5.01. The Labute approximate surface area is 215 Å². The summed E-state index contributed by atoms with van der Waals surface area (Å²) in [5, 5.41) is 30.6. The van der Waals surface area contributed by atoms with Gasteiger partial charge in [-0.05, 0) is 49.2 Å². The van der Waals surface area contributed by atoms with Crippen molar-refractivity contribution in [3.63, 3.8) is 0 Å². The van der Waals surface area contributed by atoms with Crippen molar-refractivity contribution in [3.8, 4) is 12.1 Å². The monoisotopic (exact) mass is 517 g/mol. The molecule has 10 heteroatoms. The molecule has 0 atom stereocenters. The van der Waals surface area contributed by atoms with Crippen LogP contribution in [0.15, 0.2) is 63.9 Å². The number of ether oxygens (including phenoxy) is 1. The largest absolute Gasteiger partial charge is 0.462 e. The van der Waals surface area contributed by atoms with E-state index in [0.29, 0.717) is 20.9 Å². The molecule has 36 heavy (non-hydrogen) atoms. The molecule has 2 aromatic carbocycles. The first kappa shape index (κ1) is 26.4. The highest BCUT2D eigenvalue weighted by atomic mass is 32.2. The number of nitriles is 2. The molecule has 0 aliphatic rings. The Morgan fingerprint density at radius 1 is 1.19 bits per heavy atom. The SMILES string of the molecule is CCOC(=O)c1sc(CC(=O)/C(C#N)=C\c2cc([N+](=O)[O-])ccc2Sc2ccccc2)c(C#N)c1C. The van der Waals surface area contributed by atoms with E-state index in [1.165, 1.54) is 30.0 Å². The number of rotatable bonds is 9. The first-order valence-corrected chi connectivity index (χ1v) is 12.3. The van der Waals surface area contributed by atoms with Gasteiger partial charge in [0.15, 0.2) is 5.78 Å². The molecule has 180 valence electrons. The molecule has 0 saturated heterocycles. The molecular formula is C26H19N3O5S2. The number of ketones is 1. The fraction of sp³-hybridized carbons (Fsp3) is 0.154. The van der Waals surface area contributed by atoms with Crippen molar-refractivity contribution in [1.82, 2.24) is 0 Å². The molecule has 0 aliphatic heterocycles. The summed E-state index contributed by atoms with van der Waals surface area (Å²) >= 11 is 2.33. The highest BCUT2D eigenvalue weighted by Crippen LogP contribution is 2.34. The van der Waals surface area contributed by atoms with E-state index in [2.05, 4.69) is 0 Å². The van der Waals surface area contributed by atoms with Gasteiger partial charge in [-0.25, -0.2) is 4.79 Å². The first-order valence-electron chi connectivity index (χ1n) is 10.6.